The molecule has 1 atom stereocenters. The average molecular weight is 117 g/mol. The van der Waals surface area contributed by atoms with E-state index in [0.717, 1.165) is 6.42 Å². The largest absolute Gasteiger partial charge is 0.393 e. The zero-order valence-electron chi connectivity index (χ0n) is 4.77. The number of nitrogens with two attached hydrogens (primary N) is 1. The monoisotopic (exact) mass is 117 g/mol. The molecule has 0 saturated heterocycles. The molecule has 2 N–H and O–H groups in total. The van der Waals surface area contributed by atoms with Gasteiger partial charge in [0.25, 0.3) is 0 Å². The molecule has 0 spiro atoms. The third kappa shape index (κ3) is 2.57. The first-order valence-electron chi connectivity index (χ1n) is 2.47. The van der Waals surface area contributed by atoms with Crippen molar-refractivity contribution in [1.29, 1.82) is 0 Å². The number of rotatable bonds is 2. The van der Waals surface area contributed by atoms with Gasteiger partial charge >= 0.3 is 0 Å². The molecular weight excluding hydrogens is 106 g/mol. The van der Waals surface area contributed by atoms with Gasteiger partial charge in [0.2, 0.25) is 0 Å². The Hall–Kier alpha value is -0.110. The summed E-state index contributed by atoms with van der Waals surface area (Å²) in [6.07, 6.45) is 1.05. The quantitative estimate of drug-likeness (QED) is 0.552. The highest BCUT2D eigenvalue weighted by Crippen LogP contribution is 1.98. The van der Waals surface area contributed by atoms with Crippen molar-refractivity contribution >= 4 is 17.2 Å². The predicted octanol–water partition coefficient (Wildman–Crippen LogP) is 1.32. The van der Waals surface area contributed by atoms with Crippen molar-refractivity contribution in [3.05, 3.63) is 0 Å². The van der Waals surface area contributed by atoms with E-state index in [4.69, 9.17) is 18.0 Å². The van der Waals surface area contributed by atoms with Crippen LogP contribution < -0.4 is 5.73 Å². The highest BCUT2D eigenvalue weighted by Gasteiger charge is 1.97. The molecule has 0 aliphatic rings. The molecule has 0 rings (SSSR count). The summed E-state index contributed by atoms with van der Waals surface area (Å²) >= 11 is 4.70. The minimum Gasteiger partial charge on any atom is -0.393 e. The summed E-state index contributed by atoms with van der Waals surface area (Å²) in [5, 5.41) is 0. The fraction of sp³-hybridized carbons (Fsp3) is 0.800. The van der Waals surface area contributed by atoms with E-state index in [1.165, 1.54) is 0 Å². The normalized spacial score (nSPS) is 13.4. The molecule has 0 aromatic heterocycles. The molecule has 0 radical (unpaired) electrons. The van der Waals surface area contributed by atoms with Crippen LogP contribution in [0.2, 0.25) is 0 Å². The Bertz CT molecular complexity index is 70.5. The SMILES string of the molecule is CCC(C)C(N)=S. The van der Waals surface area contributed by atoms with Crippen LogP contribution in [-0.2, 0) is 0 Å². The molecule has 0 heterocycles. The van der Waals surface area contributed by atoms with Crippen molar-refractivity contribution in [2.24, 2.45) is 11.7 Å². The van der Waals surface area contributed by atoms with Crippen LogP contribution in [0.4, 0.5) is 0 Å². The van der Waals surface area contributed by atoms with Crippen LogP contribution in [-0.4, -0.2) is 4.99 Å². The molecule has 1 nitrogen and oxygen atoms in total. The summed E-state index contributed by atoms with van der Waals surface area (Å²) in [6, 6.07) is 0. The second kappa shape index (κ2) is 2.97. The van der Waals surface area contributed by atoms with Gasteiger partial charge in [-0.05, 0) is 6.42 Å². The van der Waals surface area contributed by atoms with Crippen molar-refractivity contribution in [1.82, 2.24) is 0 Å². The Morgan fingerprint density at radius 1 is 1.86 bits per heavy atom. The lowest BCUT2D eigenvalue weighted by molar-refractivity contribution is 0.744. The maximum absolute atomic E-state index is 5.28. The zero-order valence-corrected chi connectivity index (χ0v) is 5.59. The Morgan fingerprint density at radius 3 is 2.29 bits per heavy atom. The topological polar surface area (TPSA) is 26.0 Å². The minimum atomic E-state index is 0.412. The molecular formula is C5H11NS. The van der Waals surface area contributed by atoms with Crippen molar-refractivity contribution in [3.63, 3.8) is 0 Å². The van der Waals surface area contributed by atoms with Gasteiger partial charge in [-0.15, -0.1) is 0 Å². The van der Waals surface area contributed by atoms with Crippen LogP contribution in [0.25, 0.3) is 0 Å². The summed E-state index contributed by atoms with van der Waals surface area (Å²) in [5.41, 5.74) is 5.28. The zero-order chi connectivity index (χ0) is 5.86. The molecule has 7 heavy (non-hydrogen) atoms. The Labute approximate surface area is 49.9 Å². The van der Waals surface area contributed by atoms with Gasteiger partial charge in [0.05, 0.1) is 4.99 Å². The first-order chi connectivity index (χ1) is 3.18. The maximum atomic E-state index is 5.28. The molecule has 0 fully saturated rings. The molecule has 0 amide bonds. The lowest BCUT2D eigenvalue weighted by atomic mass is 10.1. The van der Waals surface area contributed by atoms with E-state index in [1.807, 2.05) is 6.92 Å². The highest BCUT2D eigenvalue weighted by atomic mass is 32.1. The molecule has 0 aromatic rings. The van der Waals surface area contributed by atoms with Gasteiger partial charge in [-0.2, -0.15) is 0 Å². The van der Waals surface area contributed by atoms with Crippen LogP contribution >= 0.6 is 12.2 Å². The summed E-state index contributed by atoms with van der Waals surface area (Å²) in [4.78, 5) is 0.627. The average Bonchev–Trinajstić information content (AvgIpc) is 1.65. The standard InChI is InChI=1S/C5H11NS/c1-3-4(2)5(6)7/h4H,3H2,1-2H3,(H2,6,7). The molecule has 2 heteroatoms. The first kappa shape index (κ1) is 6.89. The number of hydrogen-bond donors (Lipinski definition) is 1. The van der Waals surface area contributed by atoms with Crippen LogP contribution in [0, 0.1) is 5.92 Å². The second-order valence-corrected chi connectivity index (χ2v) is 2.18. The van der Waals surface area contributed by atoms with E-state index in [0.29, 0.717) is 10.9 Å². The Kier molecular flexibility index (Phi) is 2.92. The summed E-state index contributed by atoms with van der Waals surface area (Å²) in [6.45, 7) is 4.10. The molecule has 1 unspecified atom stereocenters. The second-order valence-electron chi connectivity index (χ2n) is 1.71. The van der Waals surface area contributed by atoms with Gasteiger partial charge in [-0.3, -0.25) is 0 Å². The van der Waals surface area contributed by atoms with E-state index in [9.17, 15) is 0 Å². The third-order valence-electron chi connectivity index (χ3n) is 1.10. The van der Waals surface area contributed by atoms with E-state index in [-0.39, 0.29) is 0 Å². The fourth-order valence-corrected chi connectivity index (χ4v) is 0.368. The number of hydrogen-bond acceptors (Lipinski definition) is 1. The lowest BCUT2D eigenvalue weighted by Crippen LogP contribution is -2.16. The van der Waals surface area contributed by atoms with Gasteiger partial charge in [0, 0.05) is 5.92 Å². The maximum Gasteiger partial charge on any atom is 0.0755 e. The van der Waals surface area contributed by atoms with Gasteiger partial charge in [-0.1, -0.05) is 26.1 Å². The van der Waals surface area contributed by atoms with E-state index in [2.05, 4.69) is 6.92 Å². The molecule has 0 saturated carbocycles. The van der Waals surface area contributed by atoms with Crippen molar-refractivity contribution < 1.29 is 0 Å². The molecule has 0 aliphatic carbocycles. The molecule has 0 bridgehead atoms. The van der Waals surface area contributed by atoms with Gasteiger partial charge < -0.3 is 5.73 Å². The molecule has 42 valence electrons. The molecule has 0 aliphatic heterocycles. The van der Waals surface area contributed by atoms with Crippen molar-refractivity contribution in [3.8, 4) is 0 Å². The highest BCUT2D eigenvalue weighted by molar-refractivity contribution is 7.80. The third-order valence-corrected chi connectivity index (χ3v) is 1.50. The van der Waals surface area contributed by atoms with Crippen LogP contribution in [0.15, 0.2) is 0 Å². The van der Waals surface area contributed by atoms with Gasteiger partial charge in [0.1, 0.15) is 0 Å². The Balaban J connectivity index is 3.34. The summed E-state index contributed by atoms with van der Waals surface area (Å²) < 4.78 is 0. The Morgan fingerprint density at radius 2 is 2.29 bits per heavy atom. The van der Waals surface area contributed by atoms with Crippen LogP contribution in [0.5, 0.6) is 0 Å². The summed E-state index contributed by atoms with van der Waals surface area (Å²) in [5.74, 6) is 0.412. The van der Waals surface area contributed by atoms with Crippen molar-refractivity contribution in [2.75, 3.05) is 0 Å². The predicted molar refractivity (Wildman–Crippen MR) is 36.2 cm³/mol. The van der Waals surface area contributed by atoms with Crippen molar-refractivity contribution in [2.45, 2.75) is 20.3 Å². The smallest absolute Gasteiger partial charge is 0.0755 e. The summed E-state index contributed by atoms with van der Waals surface area (Å²) in [7, 11) is 0. The number of thiocarbonyl (C=S) groups is 1. The fourth-order valence-electron chi connectivity index (χ4n) is 0.201. The van der Waals surface area contributed by atoms with Gasteiger partial charge in [0.15, 0.2) is 0 Å². The molecule has 0 aromatic carbocycles. The van der Waals surface area contributed by atoms with Crippen LogP contribution in [0.3, 0.4) is 0 Å². The van der Waals surface area contributed by atoms with E-state index < -0.39 is 0 Å². The van der Waals surface area contributed by atoms with E-state index >= 15 is 0 Å². The lowest BCUT2D eigenvalue weighted by Gasteiger charge is -2.01. The van der Waals surface area contributed by atoms with Crippen LogP contribution in [0.1, 0.15) is 20.3 Å². The minimum absolute atomic E-state index is 0.412. The van der Waals surface area contributed by atoms with E-state index in [1.54, 1.807) is 0 Å². The first-order valence-corrected chi connectivity index (χ1v) is 2.88. The van der Waals surface area contributed by atoms with Gasteiger partial charge in [-0.25, -0.2) is 0 Å².